The van der Waals surface area contributed by atoms with Crippen LogP contribution in [-0.2, 0) is 6.54 Å². The van der Waals surface area contributed by atoms with Crippen LogP contribution in [0.2, 0.25) is 0 Å². The highest BCUT2D eigenvalue weighted by Crippen LogP contribution is 2.26. The van der Waals surface area contributed by atoms with E-state index in [0.29, 0.717) is 5.92 Å². The van der Waals surface area contributed by atoms with Crippen molar-refractivity contribution in [1.29, 1.82) is 0 Å². The number of nitrogens with one attached hydrogen (secondary N) is 1. The highest BCUT2D eigenvalue weighted by Gasteiger charge is 2.24. The molecule has 1 aliphatic rings. The van der Waals surface area contributed by atoms with E-state index in [0.717, 1.165) is 24.7 Å². The standard InChI is InChI=1S/C14H20N4S/c1-10-5-6-13(19-10)9-18-7-3-4-12(8-18)14-15-11(2)16-17-14/h5-6,12H,3-4,7-9H2,1-2H3,(H,15,16,17)/t12-/m0/s1. The second kappa shape index (κ2) is 5.43. The lowest BCUT2D eigenvalue weighted by molar-refractivity contribution is 0.198. The zero-order valence-corrected chi connectivity index (χ0v) is 12.3. The third-order valence-electron chi connectivity index (χ3n) is 3.66. The van der Waals surface area contributed by atoms with E-state index in [2.05, 4.69) is 39.1 Å². The number of hydrogen-bond acceptors (Lipinski definition) is 4. The van der Waals surface area contributed by atoms with E-state index in [1.807, 2.05) is 18.3 Å². The first-order valence-corrected chi connectivity index (χ1v) is 7.69. The lowest BCUT2D eigenvalue weighted by atomic mass is 9.97. The minimum Gasteiger partial charge on any atom is -0.298 e. The zero-order valence-electron chi connectivity index (χ0n) is 11.5. The van der Waals surface area contributed by atoms with E-state index in [-0.39, 0.29) is 0 Å². The summed E-state index contributed by atoms with van der Waals surface area (Å²) in [5.74, 6) is 2.39. The molecule has 1 atom stereocenters. The Balaban J connectivity index is 1.64. The molecule has 1 aliphatic heterocycles. The van der Waals surface area contributed by atoms with Crippen molar-refractivity contribution < 1.29 is 0 Å². The molecule has 5 heteroatoms. The van der Waals surface area contributed by atoms with Crippen molar-refractivity contribution in [3.05, 3.63) is 33.5 Å². The third-order valence-corrected chi connectivity index (χ3v) is 4.65. The number of rotatable bonds is 3. The molecule has 0 aromatic carbocycles. The van der Waals surface area contributed by atoms with Crippen molar-refractivity contribution in [3.63, 3.8) is 0 Å². The number of hydrogen-bond donors (Lipinski definition) is 1. The van der Waals surface area contributed by atoms with Gasteiger partial charge in [-0.25, -0.2) is 4.98 Å². The van der Waals surface area contributed by atoms with Crippen molar-refractivity contribution in [2.75, 3.05) is 13.1 Å². The van der Waals surface area contributed by atoms with Crippen LogP contribution in [-0.4, -0.2) is 33.2 Å². The van der Waals surface area contributed by atoms with Crippen molar-refractivity contribution in [1.82, 2.24) is 20.1 Å². The molecule has 0 spiro atoms. The van der Waals surface area contributed by atoms with Gasteiger partial charge in [0.1, 0.15) is 5.82 Å². The molecule has 0 bridgehead atoms. The Morgan fingerprint density at radius 2 is 2.32 bits per heavy atom. The molecule has 0 radical (unpaired) electrons. The van der Waals surface area contributed by atoms with Gasteiger partial charge in [-0.2, -0.15) is 5.10 Å². The van der Waals surface area contributed by atoms with Gasteiger partial charge in [-0.1, -0.05) is 0 Å². The molecule has 1 N–H and O–H groups in total. The second-order valence-corrected chi connectivity index (χ2v) is 6.74. The van der Waals surface area contributed by atoms with Crippen molar-refractivity contribution >= 4 is 11.3 Å². The zero-order chi connectivity index (χ0) is 13.2. The summed E-state index contributed by atoms with van der Waals surface area (Å²) in [6.45, 7) is 7.47. The SMILES string of the molecule is Cc1nc([C@H]2CCCN(Cc3ccc(C)s3)C2)n[nH]1. The molecule has 0 aliphatic carbocycles. The summed E-state index contributed by atoms with van der Waals surface area (Å²) in [5.41, 5.74) is 0. The van der Waals surface area contributed by atoms with Crippen LogP contribution >= 0.6 is 11.3 Å². The number of likely N-dealkylation sites (tertiary alicyclic amines) is 1. The lowest BCUT2D eigenvalue weighted by Crippen LogP contribution is -2.34. The van der Waals surface area contributed by atoms with Gasteiger partial charge in [0.25, 0.3) is 0 Å². The van der Waals surface area contributed by atoms with Gasteiger partial charge in [-0.05, 0) is 45.4 Å². The molecule has 0 saturated carbocycles. The first kappa shape index (κ1) is 12.8. The fourth-order valence-electron chi connectivity index (χ4n) is 2.74. The number of H-pyrrole nitrogens is 1. The quantitative estimate of drug-likeness (QED) is 0.937. The summed E-state index contributed by atoms with van der Waals surface area (Å²) >= 11 is 1.90. The number of thiophene rings is 1. The van der Waals surface area contributed by atoms with Gasteiger partial charge in [0.15, 0.2) is 5.82 Å². The van der Waals surface area contributed by atoms with E-state index in [1.54, 1.807) is 0 Å². The molecule has 1 fully saturated rings. The number of aromatic amines is 1. The molecular formula is C14H20N4S. The average Bonchev–Trinajstić information content (AvgIpc) is 2.99. The van der Waals surface area contributed by atoms with E-state index in [4.69, 9.17) is 0 Å². The highest BCUT2D eigenvalue weighted by atomic mass is 32.1. The molecule has 0 amide bonds. The molecule has 3 heterocycles. The van der Waals surface area contributed by atoms with Gasteiger partial charge in [0.2, 0.25) is 0 Å². The van der Waals surface area contributed by atoms with Gasteiger partial charge in [0, 0.05) is 28.8 Å². The van der Waals surface area contributed by atoms with Crippen molar-refractivity contribution in [2.24, 2.45) is 0 Å². The fraction of sp³-hybridized carbons (Fsp3) is 0.571. The highest BCUT2D eigenvalue weighted by molar-refractivity contribution is 7.11. The van der Waals surface area contributed by atoms with Crippen LogP contribution in [0.25, 0.3) is 0 Å². The molecule has 102 valence electrons. The summed E-state index contributed by atoms with van der Waals surface area (Å²) in [4.78, 5) is 9.88. The van der Waals surface area contributed by atoms with Gasteiger partial charge in [-0.15, -0.1) is 11.3 Å². The Hall–Kier alpha value is -1.20. The van der Waals surface area contributed by atoms with Crippen molar-refractivity contribution in [2.45, 2.75) is 39.2 Å². The summed E-state index contributed by atoms with van der Waals surface area (Å²) in [6, 6.07) is 4.46. The Morgan fingerprint density at radius 1 is 1.42 bits per heavy atom. The van der Waals surface area contributed by atoms with Gasteiger partial charge < -0.3 is 0 Å². The number of aromatic nitrogens is 3. The van der Waals surface area contributed by atoms with Gasteiger partial charge in [-0.3, -0.25) is 10.00 Å². The summed E-state index contributed by atoms with van der Waals surface area (Å²) < 4.78 is 0. The van der Waals surface area contributed by atoms with E-state index >= 15 is 0 Å². The fourth-order valence-corrected chi connectivity index (χ4v) is 3.68. The number of aryl methyl sites for hydroxylation is 2. The summed E-state index contributed by atoms with van der Waals surface area (Å²) in [7, 11) is 0. The summed E-state index contributed by atoms with van der Waals surface area (Å²) in [5, 5.41) is 7.28. The molecule has 4 nitrogen and oxygen atoms in total. The topological polar surface area (TPSA) is 44.8 Å². The smallest absolute Gasteiger partial charge is 0.155 e. The maximum absolute atomic E-state index is 4.49. The van der Waals surface area contributed by atoms with Crippen LogP contribution in [0.5, 0.6) is 0 Å². The molecule has 1 saturated heterocycles. The van der Waals surface area contributed by atoms with Crippen LogP contribution in [0.1, 0.15) is 40.2 Å². The predicted molar refractivity (Wildman–Crippen MR) is 77.4 cm³/mol. The van der Waals surface area contributed by atoms with E-state index < -0.39 is 0 Å². The molecule has 2 aromatic heterocycles. The maximum atomic E-state index is 4.49. The monoisotopic (exact) mass is 276 g/mol. The molecule has 3 rings (SSSR count). The van der Waals surface area contributed by atoms with Crippen LogP contribution in [0, 0.1) is 13.8 Å². The minimum atomic E-state index is 0.486. The maximum Gasteiger partial charge on any atom is 0.155 e. The number of piperidine rings is 1. The third kappa shape index (κ3) is 3.04. The number of nitrogens with zero attached hydrogens (tertiary/aromatic N) is 3. The molecule has 2 aromatic rings. The second-order valence-electron chi connectivity index (χ2n) is 5.37. The van der Waals surface area contributed by atoms with Gasteiger partial charge in [0.05, 0.1) is 0 Å². The van der Waals surface area contributed by atoms with E-state index in [1.165, 1.54) is 29.1 Å². The Labute approximate surface area is 117 Å². The van der Waals surface area contributed by atoms with E-state index in [9.17, 15) is 0 Å². The van der Waals surface area contributed by atoms with Crippen LogP contribution in [0.3, 0.4) is 0 Å². The van der Waals surface area contributed by atoms with Gasteiger partial charge >= 0.3 is 0 Å². The largest absolute Gasteiger partial charge is 0.298 e. The molecule has 19 heavy (non-hydrogen) atoms. The normalized spacial score (nSPS) is 20.8. The average molecular weight is 276 g/mol. The van der Waals surface area contributed by atoms with Crippen molar-refractivity contribution in [3.8, 4) is 0 Å². The Morgan fingerprint density at radius 3 is 3.00 bits per heavy atom. The first-order valence-electron chi connectivity index (χ1n) is 6.87. The van der Waals surface area contributed by atoms with Crippen LogP contribution in [0.4, 0.5) is 0 Å². The van der Waals surface area contributed by atoms with Crippen LogP contribution in [0.15, 0.2) is 12.1 Å². The molecule has 0 unspecified atom stereocenters. The minimum absolute atomic E-state index is 0.486. The Bertz CT molecular complexity index is 545. The Kier molecular flexibility index (Phi) is 3.66. The first-order chi connectivity index (χ1) is 9.20. The lowest BCUT2D eigenvalue weighted by Gasteiger charge is -2.30. The van der Waals surface area contributed by atoms with Crippen LogP contribution < -0.4 is 0 Å². The predicted octanol–water partition coefficient (Wildman–Crippen LogP) is 2.86. The summed E-state index contributed by atoms with van der Waals surface area (Å²) in [6.07, 6.45) is 2.44. The molecular weight excluding hydrogens is 256 g/mol.